The summed E-state index contributed by atoms with van der Waals surface area (Å²) in [5.41, 5.74) is -0.153. The molecule has 1 nitrogen and oxygen atoms in total. The molecule has 0 saturated heterocycles. The maximum Gasteiger partial charge on any atom is 0.194 e. The Kier molecular flexibility index (Phi) is 1.78. The van der Waals surface area contributed by atoms with E-state index in [1.807, 2.05) is 0 Å². The van der Waals surface area contributed by atoms with Crippen molar-refractivity contribution in [1.29, 1.82) is 0 Å². The van der Waals surface area contributed by atoms with Gasteiger partial charge in [0, 0.05) is 12.0 Å². The molecule has 86 valence electrons. The zero-order valence-corrected chi connectivity index (χ0v) is 8.56. The fourth-order valence-corrected chi connectivity index (χ4v) is 3.39. The fourth-order valence-electron chi connectivity index (χ4n) is 3.39. The Bertz CT molecular complexity index is 450. The highest BCUT2D eigenvalue weighted by molar-refractivity contribution is 5.40. The van der Waals surface area contributed by atoms with Crippen molar-refractivity contribution in [1.82, 2.24) is 0 Å². The van der Waals surface area contributed by atoms with Gasteiger partial charge >= 0.3 is 0 Å². The minimum Gasteiger partial charge on any atom is -0.396 e. The third-order valence-electron chi connectivity index (χ3n) is 4.08. The van der Waals surface area contributed by atoms with Crippen LogP contribution in [0, 0.1) is 22.9 Å². The first-order valence-corrected chi connectivity index (χ1v) is 5.27. The molecule has 4 rings (SSSR count). The number of rotatable bonds is 2. The van der Waals surface area contributed by atoms with Gasteiger partial charge in [-0.15, -0.1) is 0 Å². The van der Waals surface area contributed by atoms with Crippen LogP contribution in [0.5, 0.6) is 0 Å². The van der Waals surface area contributed by atoms with E-state index in [1.165, 1.54) is 6.07 Å². The highest BCUT2D eigenvalue weighted by Gasteiger charge is 2.68. The average molecular weight is 228 g/mol. The Labute approximate surface area is 90.9 Å². The van der Waals surface area contributed by atoms with E-state index in [-0.39, 0.29) is 23.0 Å². The van der Waals surface area contributed by atoms with Crippen LogP contribution >= 0.6 is 0 Å². The van der Waals surface area contributed by atoms with Crippen molar-refractivity contribution in [3.8, 4) is 0 Å². The van der Waals surface area contributed by atoms with E-state index < -0.39 is 17.5 Å². The summed E-state index contributed by atoms with van der Waals surface area (Å²) in [5.74, 6) is -3.60. The SMILES string of the molecule is OCC12CC(c3ccc(F)c(F)c3F)(C1)C2. The minimum atomic E-state index is -1.39. The van der Waals surface area contributed by atoms with Gasteiger partial charge < -0.3 is 5.11 Å². The summed E-state index contributed by atoms with van der Waals surface area (Å²) < 4.78 is 39.4. The van der Waals surface area contributed by atoms with Gasteiger partial charge in [0.1, 0.15) is 0 Å². The predicted molar refractivity (Wildman–Crippen MR) is 51.4 cm³/mol. The summed E-state index contributed by atoms with van der Waals surface area (Å²) >= 11 is 0. The van der Waals surface area contributed by atoms with Crippen molar-refractivity contribution in [2.24, 2.45) is 5.41 Å². The van der Waals surface area contributed by atoms with Crippen LogP contribution in [-0.4, -0.2) is 11.7 Å². The molecule has 0 heterocycles. The van der Waals surface area contributed by atoms with Crippen molar-refractivity contribution in [2.45, 2.75) is 24.7 Å². The molecule has 1 aromatic carbocycles. The lowest BCUT2D eigenvalue weighted by Crippen LogP contribution is -2.66. The summed E-state index contributed by atoms with van der Waals surface area (Å²) in [4.78, 5) is 0. The van der Waals surface area contributed by atoms with Crippen LogP contribution in [0.1, 0.15) is 24.8 Å². The van der Waals surface area contributed by atoms with E-state index in [0.29, 0.717) is 19.3 Å². The molecule has 0 amide bonds. The van der Waals surface area contributed by atoms with Gasteiger partial charge in [-0.3, -0.25) is 0 Å². The largest absolute Gasteiger partial charge is 0.396 e. The Hall–Kier alpha value is -1.03. The molecule has 0 aliphatic heterocycles. The fraction of sp³-hybridized carbons (Fsp3) is 0.500. The minimum absolute atomic E-state index is 0.0721. The summed E-state index contributed by atoms with van der Waals surface area (Å²) in [6, 6.07) is 2.30. The van der Waals surface area contributed by atoms with Crippen LogP contribution in [0.15, 0.2) is 12.1 Å². The molecule has 3 aliphatic carbocycles. The van der Waals surface area contributed by atoms with Crippen LogP contribution in [0.4, 0.5) is 13.2 Å². The zero-order valence-electron chi connectivity index (χ0n) is 8.56. The molecule has 3 fully saturated rings. The van der Waals surface area contributed by atoms with Gasteiger partial charge in [-0.05, 0) is 36.3 Å². The Morgan fingerprint density at radius 2 is 1.69 bits per heavy atom. The molecular weight excluding hydrogens is 217 g/mol. The van der Waals surface area contributed by atoms with E-state index in [9.17, 15) is 13.2 Å². The summed E-state index contributed by atoms with van der Waals surface area (Å²) in [7, 11) is 0. The van der Waals surface area contributed by atoms with Gasteiger partial charge in [-0.2, -0.15) is 0 Å². The van der Waals surface area contributed by atoms with Gasteiger partial charge in [0.25, 0.3) is 0 Å². The second-order valence-electron chi connectivity index (χ2n) is 5.19. The molecule has 3 aliphatic rings. The molecule has 2 bridgehead atoms. The second kappa shape index (κ2) is 2.80. The first kappa shape index (κ1) is 10.1. The van der Waals surface area contributed by atoms with Crippen molar-refractivity contribution >= 4 is 0 Å². The third-order valence-corrected chi connectivity index (χ3v) is 4.08. The molecule has 3 saturated carbocycles. The molecule has 0 radical (unpaired) electrons. The smallest absolute Gasteiger partial charge is 0.194 e. The molecule has 0 atom stereocenters. The van der Waals surface area contributed by atoms with Crippen molar-refractivity contribution in [3.05, 3.63) is 35.1 Å². The van der Waals surface area contributed by atoms with E-state index in [4.69, 9.17) is 5.11 Å². The molecule has 1 aromatic rings. The van der Waals surface area contributed by atoms with Gasteiger partial charge in [0.15, 0.2) is 17.5 Å². The molecule has 4 heteroatoms. The molecular formula is C12H11F3O. The zero-order chi connectivity index (χ0) is 11.6. The standard InChI is InChI=1S/C12H11F3O/c13-8-2-1-7(9(14)10(8)15)12-3-11(4-12,5-12)6-16/h1-2,16H,3-6H2. The molecule has 0 spiro atoms. The summed E-state index contributed by atoms with van der Waals surface area (Å²) in [6.45, 7) is 0.0973. The van der Waals surface area contributed by atoms with Gasteiger partial charge in [0.05, 0.1) is 0 Å². The quantitative estimate of drug-likeness (QED) is 0.771. The third kappa shape index (κ3) is 1.01. The van der Waals surface area contributed by atoms with E-state index in [0.717, 1.165) is 6.07 Å². The van der Waals surface area contributed by atoms with Gasteiger partial charge in [-0.1, -0.05) is 6.07 Å². The lowest BCUT2D eigenvalue weighted by molar-refractivity contribution is -0.169. The molecule has 0 unspecified atom stereocenters. The van der Waals surface area contributed by atoms with Crippen LogP contribution < -0.4 is 0 Å². The number of halogens is 3. The Morgan fingerprint density at radius 1 is 1.06 bits per heavy atom. The maximum absolute atomic E-state index is 13.6. The predicted octanol–water partition coefficient (Wildman–Crippen LogP) is 2.52. The highest BCUT2D eigenvalue weighted by Crippen LogP contribution is 2.73. The van der Waals surface area contributed by atoms with Crippen LogP contribution in [0.25, 0.3) is 0 Å². The van der Waals surface area contributed by atoms with Crippen LogP contribution in [-0.2, 0) is 5.41 Å². The van der Waals surface area contributed by atoms with Gasteiger partial charge in [-0.25, -0.2) is 13.2 Å². The Morgan fingerprint density at radius 3 is 2.25 bits per heavy atom. The topological polar surface area (TPSA) is 20.2 Å². The lowest BCUT2D eigenvalue weighted by Gasteiger charge is -2.70. The van der Waals surface area contributed by atoms with Crippen molar-refractivity contribution < 1.29 is 18.3 Å². The number of hydrogen-bond donors (Lipinski definition) is 1. The molecule has 0 aromatic heterocycles. The molecule has 1 N–H and O–H groups in total. The number of aliphatic hydroxyl groups is 1. The average Bonchev–Trinajstić information content (AvgIpc) is 2.14. The number of hydrogen-bond acceptors (Lipinski definition) is 1. The number of aliphatic hydroxyl groups excluding tert-OH is 1. The maximum atomic E-state index is 13.6. The first-order chi connectivity index (χ1) is 7.52. The van der Waals surface area contributed by atoms with E-state index in [2.05, 4.69) is 0 Å². The summed E-state index contributed by atoms with van der Waals surface area (Å²) in [5, 5.41) is 9.08. The normalized spacial score (nSPS) is 35.5. The van der Waals surface area contributed by atoms with E-state index in [1.54, 1.807) is 0 Å². The van der Waals surface area contributed by atoms with Crippen molar-refractivity contribution in [3.63, 3.8) is 0 Å². The van der Waals surface area contributed by atoms with E-state index >= 15 is 0 Å². The van der Waals surface area contributed by atoms with Crippen molar-refractivity contribution in [2.75, 3.05) is 6.61 Å². The second-order valence-corrected chi connectivity index (χ2v) is 5.19. The monoisotopic (exact) mass is 228 g/mol. The number of benzene rings is 1. The van der Waals surface area contributed by atoms with Gasteiger partial charge in [0.2, 0.25) is 0 Å². The van der Waals surface area contributed by atoms with Crippen LogP contribution in [0.2, 0.25) is 0 Å². The first-order valence-electron chi connectivity index (χ1n) is 5.27. The Balaban J connectivity index is 1.96. The molecule has 16 heavy (non-hydrogen) atoms. The lowest BCUT2D eigenvalue weighted by atomic mass is 9.34. The highest BCUT2D eigenvalue weighted by atomic mass is 19.2. The van der Waals surface area contributed by atoms with Crippen LogP contribution in [0.3, 0.4) is 0 Å². The summed E-state index contributed by atoms with van der Waals surface area (Å²) in [6.07, 6.45) is 2.04.